The van der Waals surface area contributed by atoms with Crippen LogP contribution in [0.15, 0.2) is 17.1 Å². The lowest BCUT2D eigenvalue weighted by Crippen LogP contribution is -2.43. The molecule has 2 aromatic heterocycles. The monoisotopic (exact) mass is 374 g/mol. The van der Waals surface area contributed by atoms with Crippen molar-refractivity contribution in [2.75, 3.05) is 6.54 Å². The number of aryl methyl sites for hydroxylation is 2. The summed E-state index contributed by atoms with van der Waals surface area (Å²) in [6.45, 7) is 8.87. The molecule has 0 amide bonds. The maximum Gasteiger partial charge on any atom is 0.191 e. The van der Waals surface area contributed by atoms with Gasteiger partial charge in [-0.25, -0.2) is 4.99 Å². The second-order valence-corrected chi connectivity index (χ2v) is 8.32. The van der Waals surface area contributed by atoms with Gasteiger partial charge < -0.3 is 15.2 Å². The predicted molar refractivity (Wildman–Crippen MR) is 108 cm³/mol. The van der Waals surface area contributed by atoms with Crippen molar-refractivity contribution in [3.05, 3.63) is 33.5 Å². The van der Waals surface area contributed by atoms with Crippen LogP contribution in [-0.2, 0) is 25.9 Å². The third-order valence-electron chi connectivity index (χ3n) is 4.60. The van der Waals surface area contributed by atoms with Crippen LogP contribution in [0.1, 0.15) is 54.5 Å². The Morgan fingerprint density at radius 1 is 1.31 bits per heavy atom. The van der Waals surface area contributed by atoms with Gasteiger partial charge in [0.25, 0.3) is 0 Å². The molecule has 1 aliphatic rings. The molecule has 142 valence electrons. The third-order valence-corrected chi connectivity index (χ3v) is 5.62. The van der Waals surface area contributed by atoms with Crippen LogP contribution in [0.2, 0.25) is 0 Å². The van der Waals surface area contributed by atoms with Gasteiger partial charge in [-0.2, -0.15) is 0 Å². The fourth-order valence-corrected chi connectivity index (χ4v) is 4.33. The lowest BCUT2D eigenvalue weighted by Gasteiger charge is -2.17. The van der Waals surface area contributed by atoms with Crippen molar-refractivity contribution in [3.63, 3.8) is 0 Å². The minimum Gasteiger partial charge on any atom is -0.357 e. The summed E-state index contributed by atoms with van der Waals surface area (Å²) in [7, 11) is 0. The molecule has 3 heterocycles. The molecule has 1 aliphatic heterocycles. The average Bonchev–Trinajstić information content (AvgIpc) is 3.11. The fourth-order valence-electron chi connectivity index (χ4n) is 3.31. The van der Waals surface area contributed by atoms with E-state index in [1.165, 1.54) is 29.0 Å². The summed E-state index contributed by atoms with van der Waals surface area (Å²) >= 11 is 1.86. The number of fused-ring (bicyclic) bond motifs is 1. The van der Waals surface area contributed by atoms with Crippen LogP contribution in [0.25, 0.3) is 0 Å². The van der Waals surface area contributed by atoms with Gasteiger partial charge >= 0.3 is 0 Å². The van der Waals surface area contributed by atoms with Crippen LogP contribution in [0.4, 0.5) is 0 Å². The van der Waals surface area contributed by atoms with Crippen molar-refractivity contribution in [1.29, 1.82) is 0 Å². The van der Waals surface area contributed by atoms with E-state index in [4.69, 9.17) is 4.99 Å². The normalized spacial score (nSPS) is 16.0. The smallest absolute Gasteiger partial charge is 0.191 e. The summed E-state index contributed by atoms with van der Waals surface area (Å²) in [5.74, 6) is 2.94. The number of rotatable bonds is 6. The van der Waals surface area contributed by atoms with Gasteiger partial charge in [0.2, 0.25) is 0 Å². The second kappa shape index (κ2) is 9.16. The summed E-state index contributed by atoms with van der Waals surface area (Å²) in [6.07, 6.45) is 5.73. The first-order chi connectivity index (χ1) is 12.7. The Hall–Kier alpha value is -1.89. The van der Waals surface area contributed by atoms with Crippen molar-refractivity contribution in [2.45, 2.75) is 72.0 Å². The Morgan fingerprint density at radius 2 is 2.19 bits per heavy atom. The van der Waals surface area contributed by atoms with E-state index in [-0.39, 0.29) is 0 Å². The van der Waals surface area contributed by atoms with Gasteiger partial charge in [-0.15, -0.1) is 21.5 Å². The molecule has 0 saturated heterocycles. The molecule has 2 aromatic rings. The van der Waals surface area contributed by atoms with Crippen molar-refractivity contribution >= 4 is 17.3 Å². The van der Waals surface area contributed by atoms with Crippen LogP contribution in [0, 0.1) is 6.92 Å². The zero-order valence-electron chi connectivity index (χ0n) is 16.1. The summed E-state index contributed by atoms with van der Waals surface area (Å²) in [6, 6.07) is 4.72. The van der Waals surface area contributed by atoms with Gasteiger partial charge in [0.1, 0.15) is 12.4 Å². The molecule has 1 atom stereocenters. The summed E-state index contributed by atoms with van der Waals surface area (Å²) in [5.41, 5.74) is 0. The zero-order valence-corrected chi connectivity index (χ0v) is 16.9. The fraction of sp³-hybridized carbons (Fsp3) is 0.632. The number of nitrogens with one attached hydrogen (secondary N) is 2. The van der Waals surface area contributed by atoms with Gasteiger partial charge in [0.05, 0.1) is 0 Å². The van der Waals surface area contributed by atoms with Crippen LogP contribution in [0.3, 0.4) is 0 Å². The van der Waals surface area contributed by atoms with E-state index in [1.54, 1.807) is 0 Å². The van der Waals surface area contributed by atoms with Crippen molar-refractivity contribution in [2.24, 2.45) is 4.99 Å². The Kier molecular flexibility index (Phi) is 6.66. The number of aromatic nitrogens is 3. The molecule has 2 N–H and O–H groups in total. The first-order valence-corrected chi connectivity index (χ1v) is 10.5. The molecule has 0 bridgehead atoms. The molecule has 0 aliphatic carbocycles. The number of guanidine groups is 1. The number of aliphatic imine (C=N–C) groups is 1. The molecule has 0 spiro atoms. The van der Waals surface area contributed by atoms with Crippen molar-refractivity contribution in [1.82, 2.24) is 25.4 Å². The highest BCUT2D eigenvalue weighted by Gasteiger charge is 2.14. The first kappa shape index (κ1) is 18.9. The molecule has 26 heavy (non-hydrogen) atoms. The first-order valence-electron chi connectivity index (χ1n) is 9.67. The predicted octanol–water partition coefficient (Wildman–Crippen LogP) is 3.06. The van der Waals surface area contributed by atoms with Gasteiger partial charge in [-0.1, -0.05) is 6.42 Å². The second-order valence-electron chi connectivity index (χ2n) is 6.95. The standard InChI is InChI=1S/C19H30N6S/c1-4-20-19(22-14(2)12-16-10-9-15(3)26-16)21-13-18-24-23-17-8-6-5-7-11-25(17)18/h9-10,14H,4-8,11-13H2,1-3H3,(H2,20,21,22). The maximum absolute atomic E-state index is 4.76. The van der Waals surface area contributed by atoms with E-state index in [9.17, 15) is 0 Å². The molecule has 0 fully saturated rings. The minimum absolute atomic E-state index is 0.321. The molecule has 3 rings (SSSR count). The largest absolute Gasteiger partial charge is 0.357 e. The quantitative estimate of drug-likeness (QED) is 0.602. The molecule has 6 nitrogen and oxygen atoms in total. The highest BCUT2D eigenvalue weighted by molar-refractivity contribution is 7.11. The Morgan fingerprint density at radius 3 is 2.96 bits per heavy atom. The van der Waals surface area contributed by atoms with Gasteiger partial charge in [-0.05, 0) is 45.7 Å². The van der Waals surface area contributed by atoms with Crippen LogP contribution < -0.4 is 10.6 Å². The Balaban J connectivity index is 1.62. The highest BCUT2D eigenvalue weighted by atomic mass is 32.1. The van der Waals surface area contributed by atoms with Crippen LogP contribution >= 0.6 is 11.3 Å². The molecule has 0 radical (unpaired) electrons. The molecule has 1 unspecified atom stereocenters. The van der Waals surface area contributed by atoms with E-state index < -0.39 is 0 Å². The zero-order chi connectivity index (χ0) is 18.4. The van der Waals surface area contributed by atoms with Gasteiger partial charge in [-0.3, -0.25) is 0 Å². The Labute approximate surface area is 160 Å². The minimum atomic E-state index is 0.321. The van der Waals surface area contributed by atoms with E-state index in [0.29, 0.717) is 12.6 Å². The number of hydrogen-bond acceptors (Lipinski definition) is 4. The molecule has 7 heteroatoms. The molecule has 0 aromatic carbocycles. The Bertz CT molecular complexity index is 732. The van der Waals surface area contributed by atoms with Crippen molar-refractivity contribution < 1.29 is 0 Å². The number of thiophene rings is 1. The third kappa shape index (κ3) is 5.06. The van der Waals surface area contributed by atoms with Gasteiger partial charge in [0, 0.05) is 41.7 Å². The summed E-state index contributed by atoms with van der Waals surface area (Å²) in [5, 5.41) is 15.6. The summed E-state index contributed by atoms with van der Waals surface area (Å²) < 4.78 is 2.26. The van der Waals surface area contributed by atoms with Crippen LogP contribution in [-0.4, -0.2) is 33.3 Å². The van der Waals surface area contributed by atoms with Gasteiger partial charge in [0.15, 0.2) is 11.8 Å². The number of hydrogen-bond donors (Lipinski definition) is 2. The highest BCUT2D eigenvalue weighted by Crippen LogP contribution is 2.17. The van der Waals surface area contributed by atoms with E-state index in [2.05, 4.69) is 58.3 Å². The molecule has 0 saturated carbocycles. The topological polar surface area (TPSA) is 67.1 Å². The maximum atomic E-state index is 4.76. The van der Waals surface area contributed by atoms with Crippen molar-refractivity contribution in [3.8, 4) is 0 Å². The average molecular weight is 375 g/mol. The SMILES string of the molecule is CCNC(=NCc1nnc2n1CCCCC2)NC(C)Cc1ccc(C)s1. The van der Waals surface area contributed by atoms with Crippen LogP contribution in [0.5, 0.6) is 0 Å². The molecular weight excluding hydrogens is 344 g/mol. The summed E-state index contributed by atoms with van der Waals surface area (Å²) in [4.78, 5) is 7.52. The van der Waals surface area contributed by atoms with E-state index >= 15 is 0 Å². The van der Waals surface area contributed by atoms with E-state index in [1.807, 2.05) is 11.3 Å². The lowest BCUT2D eigenvalue weighted by atomic mass is 10.2. The molecular formula is C19H30N6S. The lowest BCUT2D eigenvalue weighted by molar-refractivity contribution is 0.603. The number of nitrogens with zero attached hydrogens (tertiary/aromatic N) is 4. The van der Waals surface area contributed by atoms with E-state index in [0.717, 1.165) is 43.5 Å².